The van der Waals surface area contributed by atoms with E-state index in [-0.39, 0.29) is 6.61 Å². The number of hydrogen-bond acceptors (Lipinski definition) is 3. The summed E-state index contributed by atoms with van der Waals surface area (Å²) in [7, 11) is 1.71. The van der Waals surface area contributed by atoms with Gasteiger partial charge in [0.2, 0.25) is 0 Å². The molecule has 90 valence electrons. The molecule has 0 bridgehead atoms. The summed E-state index contributed by atoms with van der Waals surface area (Å²) in [6, 6.07) is 4.32. The summed E-state index contributed by atoms with van der Waals surface area (Å²) in [5.74, 6) is 0.979. The predicted octanol–water partition coefficient (Wildman–Crippen LogP) is 1.44. The minimum atomic E-state index is 0.195. The number of nitrogens with one attached hydrogen (secondary N) is 1. The van der Waals surface area contributed by atoms with E-state index in [0.29, 0.717) is 6.54 Å². The lowest BCUT2D eigenvalue weighted by Crippen LogP contribution is -2.20. The molecule has 3 heteroatoms. The highest BCUT2D eigenvalue weighted by atomic mass is 16.5. The van der Waals surface area contributed by atoms with Crippen molar-refractivity contribution >= 4 is 0 Å². The molecule has 0 atom stereocenters. The third-order valence-electron chi connectivity index (χ3n) is 2.60. The monoisotopic (exact) mass is 223 g/mol. The average Bonchev–Trinajstić information content (AvgIpc) is 2.24. The Hall–Kier alpha value is -1.06. The number of rotatable bonds is 6. The van der Waals surface area contributed by atoms with Gasteiger partial charge in [-0.15, -0.1) is 0 Å². The molecule has 0 amide bonds. The number of aliphatic hydroxyl groups is 1. The van der Waals surface area contributed by atoms with E-state index < -0.39 is 0 Å². The van der Waals surface area contributed by atoms with Gasteiger partial charge in [0.1, 0.15) is 5.75 Å². The number of hydrogen-bond donors (Lipinski definition) is 2. The lowest BCUT2D eigenvalue weighted by atomic mass is 10.0. The standard InChI is InChI=1S/C13H21NO2/c1-10-8-12(4-5-14-6-7-15)9-11(2)13(10)16-3/h8-9,14-15H,4-7H2,1-3H3. The van der Waals surface area contributed by atoms with Gasteiger partial charge in [0.15, 0.2) is 0 Å². The molecule has 1 aromatic carbocycles. The second-order valence-corrected chi connectivity index (χ2v) is 3.99. The van der Waals surface area contributed by atoms with Crippen molar-refractivity contribution in [3.8, 4) is 5.75 Å². The quantitative estimate of drug-likeness (QED) is 0.717. The van der Waals surface area contributed by atoms with Gasteiger partial charge >= 0.3 is 0 Å². The van der Waals surface area contributed by atoms with Crippen molar-refractivity contribution in [3.05, 3.63) is 28.8 Å². The highest BCUT2D eigenvalue weighted by Crippen LogP contribution is 2.24. The molecule has 1 rings (SSSR count). The van der Waals surface area contributed by atoms with Gasteiger partial charge in [-0.25, -0.2) is 0 Å². The van der Waals surface area contributed by atoms with Crippen LogP contribution in [0.4, 0.5) is 0 Å². The highest BCUT2D eigenvalue weighted by molar-refractivity contribution is 5.43. The van der Waals surface area contributed by atoms with Crippen molar-refractivity contribution in [1.29, 1.82) is 0 Å². The van der Waals surface area contributed by atoms with E-state index in [0.717, 1.165) is 18.7 Å². The number of aryl methyl sites for hydroxylation is 2. The van der Waals surface area contributed by atoms with Gasteiger partial charge < -0.3 is 15.2 Å². The predicted molar refractivity (Wildman–Crippen MR) is 66.1 cm³/mol. The van der Waals surface area contributed by atoms with Gasteiger partial charge in [-0.2, -0.15) is 0 Å². The molecule has 16 heavy (non-hydrogen) atoms. The van der Waals surface area contributed by atoms with Crippen LogP contribution in [0.25, 0.3) is 0 Å². The van der Waals surface area contributed by atoms with Gasteiger partial charge in [0.05, 0.1) is 13.7 Å². The molecular weight excluding hydrogens is 202 g/mol. The van der Waals surface area contributed by atoms with E-state index >= 15 is 0 Å². The summed E-state index contributed by atoms with van der Waals surface area (Å²) in [4.78, 5) is 0. The Labute approximate surface area is 97.4 Å². The maximum Gasteiger partial charge on any atom is 0.124 e. The first kappa shape index (κ1) is 13.0. The van der Waals surface area contributed by atoms with Crippen LogP contribution in [0.1, 0.15) is 16.7 Å². The van der Waals surface area contributed by atoms with Crippen molar-refractivity contribution in [1.82, 2.24) is 5.32 Å². The Balaban J connectivity index is 2.61. The molecule has 0 aliphatic heterocycles. The molecular formula is C13H21NO2. The van der Waals surface area contributed by atoms with Crippen molar-refractivity contribution in [3.63, 3.8) is 0 Å². The maximum absolute atomic E-state index is 8.64. The first-order valence-electron chi connectivity index (χ1n) is 5.64. The van der Waals surface area contributed by atoms with E-state index in [1.807, 2.05) is 0 Å². The topological polar surface area (TPSA) is 41.5 Å². The van der Waals surface area contributed by atoms with Crippen LogP contribution in [0.5, 0.6) is 5.75 Å². The van der Waals surface area contributed by atoms with E-state index in [9.17, 15) is 0 Å². The first-order valence-corrected chi connectivity index (χ1v) is 5.64. The zero-order valence-electron chi connectivity index (χ0n) is 10.3. The van der Waals surface area contributed by atoms with Crippen molar-refractivity contribution in [2.45, 2.75) is 20.3 Å². The molecule has 3 nitrogen and oxygen atoms in total. The lowest BCUT2D eigenvalue weighted by molar-refractivity contribution is 0.293. The van der Waals surface area contributed by atoms with Crippen molar-refractivity contribution in [2.75, 3.05) is 26.8 Å². The van der Waals surface area contributed by atoms with Crippen LogP contribution < -0.4 is 10.1 Å². The molecule has 0 aliphatic carbocycles. The Morgan fingerprint density at radius 3 is 2.31 bits per heavy atom. The fourth-order valence-electron chi connectivity index (χ4n) is 1.94. The van der Waals surface area contributed by atoms with Gasteiger partial charge in [-0.1, -0.05) is 12.1 Å². The number of ether oxygens (including phenoxy) is 1. The van der Waals surface area contributed by atoms with Gasteiger partial charge in [0, 0.05) is 6.54 Å². The van der Waals surface area contributed by atoms with Gasteiger partial charge in [0.25, 0.3) is 0 Å². The molecule has 0 saturated heterocycles. The first-order chi connectivity index (χ1) is 7.69. The summed E-state index contributed by atoms with van der Waals surface area (Å²) < 4.78 is 5.33. The van der Waals surface area contributed by atoms with E-state index in [4.69, 9.17) is 9.84 Å². The minimum Gasteiger partial charge on any atom is -0.496 e. The molecule has 0 saturated carbocycles. The zero-order chi connectivity index (χ0) is 12.0. The number of aliphatic hydroxyl groups excluding tert-OH is 1. The van der Waals surface area contributed by atoms with E-state index in [1.165, 1.54) is 16.7 Å². The molecule has 0 unspecified atom stereocenters. The second kappa shape index (κ2) is 6.51. The summed E-state index contributed by atoms with van der Waals surface area (Å²) in [5, 5.41) is 11.8. The van der Waals surface area contributed by atoms with E-state index in [1.54, 1.807) is 7.11 Å². The molecule has 2 N–H and O–H groups in total. The average molecular weight is 223 g/mol. The van der Waals surface area contributed by atoms with E-state index in [2.05, 4.69) is 31.3 Å². The van der Waals surface area contributed by atoms with Crippen LogP contribution in [-0.2, 0) is 6.42 Å². The van der Waals surface area contributed by atoms with Gasteiger partial charge in [-0.05, 0) is 43.5 Å². The Bertz CT molecular complexity index is 314. The van der Waals surface area contributed by atoms with Crippen molar-refractivity contribution < 1.29 is 9.84 Å². The van der Waals surface area contributed by atoms with Crippen LogP contribution >= 0.6 is 0 Å². The fraction of sp³-hybridized carbons (Fsp3) is 0.538. The second-order valence-electron chi connectivity index (χ2n) is 3.99. The molecule has 0 heterocycles. The van der Waals surface area contributed by atoms with Crippen LogP contribution in [0, 0.1) is 13.8 Å². The van der Waals surface area contributed by atoms with Gasteiger partial charge in [-0.3, -0.25) is 0 Å². The zero-order valence-corrected chi connectivity index (χ0v) is 10.3. The molecule has 1 aromatic rings. The maximum atomic E-state index is 8.64. The van der Waals surface area contributed by atoms with Crippen LogP contribution in [-0.4, -0.2) is 31.9 Å². The normalized spacial score (nSPS) is 10.5. The van der Waals surface area contributed by atoms with Crippen LogP contribution in [0.15, 0.2) is 12.1 Å². The number of methoxy groups -OCH3 is 1. The Kier molecular flexibility index (Phi) is 5.29. The minimum absolute atomic E-state index is 0.195. The summed E-state index contributed by atoms with van der Waals surface area (Å²) in [5.41, 5.74) is 3.67. The lowest BCUT2D eigenvalue weighted by Gasteiger charge is -2.11. The Morgan fingerprint density at radius 2 is 1.81 bits per heavy atom. The van der Waals surface area contributed by atoms with Crippen LogP contribution in [0.2, 0.25) is 0 Å². The van der Waals surface area contributed by atoms with Crippen molar-refractivity contribution in [2.24, 2.45) is 0 Å². The van der Waals surface area contributed by atoms with Crippen LogP contribution in [0.3, 0.4) is 0 Å². The molecule has 0 radical (unpaired) electrons. The summed E-state index contributed by atoms with van der Waals surface area (Å²) in [6.45, 7) is 5.88. The molecule has 0 aromatic heterocycles. The highest BCUT2D eigenvalue weighted by Gasteiger charge is 2.04. The summed E-state index contributed by atoms with van der Waals surface area (Å²) >= 11 is 0. The largest absolute Gasteiger partial charge is 0.496 e. The third-order valence-corrected chi connectivity index (χ3v) is 2.60. The Morgan fingerprint density at radius 1 is 1.19 bits per heavy atom. The molecule has 0 fully saturated rings. The SMILES string of the molecule is COc1c(C)cc(CCNCCO)cc1C. The fourth-order valence-corrected chi connectivity index (χ4v) is 1.94. The smallest absolute Gasteiger partial charge is 0.124 e. The third kappa shape index (κ3) is 3.51. The number of benzene rings is 1. The summed E-state index contributed by atoms with van der Waals surface area (Å²) in [6.07, 6.45) is 0.978. The molecule has 0 aliphatic rings. The molecule has 0 spiro atoms.